The van der Waals surface area contributed by atoms with E-state index in [9.17, 15) is 14.4 Å². The zero-order chi connectivity index (χ0) is 26.8. The molecular formula is C29H42N4O3S. The molecule has 0 radical (unpaired) electrons. The molecule has 1 fully saturated rings. The van der Waals surface area contributed by atoms with Crippen LogP contribution in [0.5, 0.6) is 0 Å². The number of hydrogen-bond donors (Lipinski definition) is 3. The summed E-state index contributed by atoms with van der Waals surface area (Å²) < 4.78 is 0. The number of benzene rings is 1. The van der Waals surface area contributed by atoms with Crippen LogP contribution in [0.4, 0.5) is 0 Å². The minimum atomic E-state index is -0.401. The minimum Gasteiger partial charge on any atom is -0.356 e. The van der Waals surface area contributed by atoms with Crippen molar-refractivity contribution in [3.05, 3.63) is 57.8 Å². The van der Waals surface area contributed by atoms with Gasteiger partial charge < -0.3 is 21.3 Å². The second-order valence-corrected chi connectivity index (χ2v) is 11.3. The third kappa shape index (κ3) is 8.97. The fraction of sp³-hybridized carbons (Fsp3) is 0.552. The first-order chi connectivity index (χ1) is 17.8. The van der Waals surface area contributed by atoms with E-state index in [4.69, 9.17) is 5.73 Å². The number of carbonyl (C=O) groups is 3. The third-order valence-electron chi connectivity index (χ3n) is 6.82. The van der Waals surface area contributed by atoms with E-state index < -0.39 is 6.04 Å². The van der Waals surface area contributed by atoms with Gasteiger partial charge in [-0.1, -0.05) is 32.9 Å². The molecule has 37 heavy (non-hydrogen) atoms. The molecule has 1 aliphatic rings. The summed E-state index contributed by atoms with van der Waals surface area (Å²) in [5.41, 5.74) is 7.54. The van der Waals surface area contributed by atoms with E-state index in [0.29, 0.717) is 43.0 Å². The number of thiophene rings is 1. The van der Waals surface area contributed by atoms with E-state index in [1.807, 2.05) is 43.2 Å². The fourth-order valence-electron chi connectivity index (χ4n) is 4.46. The van der Waals surface area contributed by atoms with Gasteiger partial charge in [-0.15, -0.1) is 11.3 Å². The summed E-state index contributed by atoms with van der Waals surface area (Å²) in [5.74, 6) is 0.0552. The molecule has 2 aromatic rings. The summed E-state index contributed by atoms with van der Waals surface area (Å²) in [5, 5.41) is 8.14. The molecule has 4 N–H and O–H groups in total. The largest absolute Gasteiger partial charge is 0.356 e. The Balaban J connectivity index is 1.69. The number of amides is 3. The smallest absolute Gasteiger partial charge is 0.253 e. The Morgan fingerprint density at radius 3 is 2.41 bits per heavy atom. The molecule has 7 nitrogen and oxygen atoms in total. The number of nitrogens with two attached hydrogens (primary N) is 1. The quantitative estimate of drug-likeness (QED) is 0.323. The van der Waals surface area contributed by atoms with Crippen LogP contribution in [-0.4, -0.2) is 54.3 Å². The van der Waals surface area contributed by atoms with E-state index in [0.717, 1.165) is 24.3 Å². The van der Waals surface area contributed by atoms with Crippen LogP contribution in [0, 0.1) is 11.8 Å². The van der Waals surface area contributed by atoms with Crippen LogP contribution in [-0.2, 0) is 11.2 Å². The molecule has 0 spiro atoms. The predicted octanol–water partition coefficient (Wildman–Crippen LogP) is 4.23. The summed E-state index contributed by atoms with van der Waals surface area (Å²) in [6, 6.07) is 10.1. The molecule has 1 saturated carbocycles. The van der Waals surface area contributed by atoms with Crippen LogP contribution in [0.15, 0.2) is 41.8 Å². The maximum atomic E-state index is 13.3. The van der Waals surface area contributed by atoms with Gasteiger partial charge in [0.2, 0.25) is 5.91 Å². The molecule has 0 saturated heterocycles. The Morgan fingerprint density at radius 2 is 1.78 bits per heavy atom. The first-order valence-electron chi connectivity index (χ1n) is 13.6. The van der Waals surface area contributed by atoms with Crippen molar-refractivity contribution in [1.29, 1.82) is 0 Å². The SMILES string of the molecule is CCCN(CCC)C(=O)c1cccc(C(=O)N[C@@H](Cc2cccs2)[C@@H](N)C[C@@H](C)C(=O)NCC2CC2)c1. The molecule has 1 heterocycles. The van der Waals surface area contributed by atoms with Gasteiger partial charge in [0.15, 0.2) is 0 Å². The van der Waals surface area contributed by atoms with Gasteiger partial charge in [0, 0.05) is 60.1 Å². The first-order valence-corrected chi connectivity index (χ1v) is 14.5. The van der Waals surface area contributed by atoms with Crippen LogP contribution in [0.25, 0.3) is 0 Å². The van der Waals surface area contributed by atoms with Crippen molar-refractivity contribution in [2.24, 2.45) is 17.6 Å². The normalized spacial score (nSPS) is 15.5. The summed E-state index contributed by atoms with van der Waals surface area (Å²) in [6.07, 6.45) is 5.18. The molecule has 1 aliphatic carbocycles. The molecule has 3 atom stereocenters. The summed E-state index contributed by atoms with van der Waals surface area (Å²) in [4.78, 5) is 41.9. The second-order valence-electron chi connectivity index (χ2n) is 10.2. The Labute approximate surface area is 225 Å². The lowest BCUT2D eigenvalue weighted by Gasteiger charge is -2.27. The Hall–Kier alpha value is -2.71. The number of hydrogen-bond acceptors (Lipinski definition) is 5. The number of carbonyl (C=O) groups excluding carboxylic acids is 3. The topological polar surface area (TPSA) is 105 Å². The Morgan fingerprint density at radius 1 is 1.08 bits per heavy atom. The highest BCUT2D eigenvalue weighted by atomic mass is 32.1. The molecular weight excluding hydrogens is 484 g/mol. The van der Waals surface area contributed by atoms with E-state index in [1.54, 1.807) is 35.6 Å². The highest BCUT2D eigenvalue weighted by Gasteiger charge is 2.27. The number of rotatable bonds is 15. The van der Waals surface area contributed by atoms with E-state index in [2.05, 4.69) is 10.6 Å². The van der Waals surface area contributed by atoms with Gasteiger partial charge in [-0.25, -0.2) is 0 Å². The van der Waals surface area contributed by atoms with Crippen LogP contribution in [0.1, 0.15) is 78.5 Å². The van der Waals surface area contributed by atoms with Crippen molar-refractivity contribution in [1.82, 2.24) is 15.5 Å². The maximum absolute atomic E-state index is 13.3. The van der Waals surface area contributed by atoms with E-state index >= 15 is 0 Å². The van der Waals surface area contributed by atoms with Crippen molar-refractivity contribution in [3.63, 3.8) is 0 Å². The average Bonchev–Trinajstić information content (AvgIpc) is 3.59. The zero-order valence-corrected chi connectivity index (χ0v) is 23.2. The van der Waals surface area contributed by atoms with Crippen LogP contribution in [0.2, 0.25) is 0 Å². The third-order valence-corrected chi connectivity index (χ3v) is 7.71. The summed E-state index contributed by atoms with van der Waals surface area (Å²) >= 11 is 1.62. The van der Waals surface area contributed by atoms with Gasteiger partial charge in [0.25, 0.3) is 11.8 Å². The number of nitrogens with one attached hydrogen (secondary N) is 2. The van der Waals surface area contributed by atoms with Crippen molar-refractivity contribution in [3.8, 4) is 0 Å². The van der Waals surface area contributed by atoms with Crippen molar-refractivity contribution >= 4 is 29.1 Å². The van der Waals surface area contributed by atoms with E-state index in [-0.39, 0.29) is 29.7 Å². The van der Waals surface area contributed by atoms with Crippen molar-refractivity contribution in [2.45, 2.75) is 71.4 Å². The standard InChI is InChI=1S/C29H42N4O3S/c1-4-13-33(14-5-2)29(36)23-9-6-8-22(17-23)28(35)32-26(18-24-10-7-15-37-24)25(30)16-20(3)27(34)31-19-21-11-12-21/h6-10,15,17,20-21,25-26H,4-5,11-14,16,18-19,30H2,1-3H3,(H,31,34)(H,32,35)/t20-,25+,26+/m1/s1. The molecule has 0 aliphatic heterocycles. The van der Waals surface area contributed by atoms with Crippen LogP contribution >= 0.6 is 11.3 Å². The number of nitrogens with zero attached hydrogens (tertiary/aromatic N) is 1. The highest BCUT2D eigenvalue weighted by Crippen LogP contribution is 2.27. The zero-order valence-electron chi connectivity index (χ0n) is 22.4. The lowest BCUT2D eigenvalue weighted by atomic mass is 9.93. The van der Waals surface area contributed by atoms with Gasteiger partial charge >= 0.3 is 0 Å². The molecule has 1 aromatic heterocycles. The summed E-state index contributed by atoms with van der Waals surface area (Å²) in [6.45, 7) is 8.10. The average molecular weight is 527 g/mol. The molecule has 0 bridgehead atoms. The molecule has 202 valence electrons. The lowest BCUT2D eigenvalue weighted by Crippen LogP contribution is -2.50. The molecule has 1 aromatic carbocycles. The molecule has 3 amide bonds. The van der Waals surface area contributed by atoms with Gasteiger partial charge in [0.1, 0.15) is 0 Å². The van der Waals surface area contributed by atoms with Gasteiger partial charge in [0.05, 0.1) is 0 Å². The fourth-order valence-corrected chi connectivity index (χ4v) is 5.22. The maximum Gasteiger partial charge on any atom is 0.253 e. The predicted molar refractivity (Wildman–Crippen MR) is 150 cm³/mol. The molecule has 8 heteroatoms. The second kappa shape index (κ2) is 14.3. The van der Waals surface area contributed by atoms with Gasteiger partial charge in [-0.05, 0) is 67.7 Å². The monoisotopic (exact) mass is 526 g/mol. The first kappa shape index (κ1) is 28.9. The lowest BCUT2D eigenvalue weighted by molar-refractivity contribution is -0.124. The van der Waals surface area contributed by atoms with E-state index in [1.165, 1.54) is 12.8 Å². The van der Waals surface area contributed by atoms with Crippen molar-refractivity contribution in [2.75, 3.05) is 19.6 Å². The van der Waals surface area contributed by atoms with Crippen molar-refractivity contribution < 1.29 is 14.4 Å². The van der Waals surface area contributed by atoms with Gasteiger partial charge in [-0.2, -0.15) is 0 Å². The summed E-state index contributed by atoms with van der Waals surface area (Å²) in [7, 11) is 0. The highest BCUT2D eigenvalue weighted by molar-refractivity contribution is 7.09. The Bertz CT molecular complexity index is 1020. The van der Waals surface area contributed by atoms with Gasteiger partial charge in [-0.3, -0.25) is 14.4 Å². The van der Waals surface area contributed by atoms with Crippen LogP contribution < -0.4 is 16.4 Å². The Kier molecular flexibility index (Phi) is 11.1. The minimum absolute atomic E-state index is 0.0125. The van der Waals surface area contributed by atoms with Crippen LogP contribution in [0.3, 0.4) is 0 Å². The molecule has 3 rings (SSSR count). The molecule has 0 unspecified atom stereocenters.